The minimum atomic E-state index is 0.558. The molecule has 0 amide bonds. The molecule has 2 aromatic rings. The lowest BCUT2D eigenvalue weighted by Gasteiger charge is -2.20. The molecule has 0 atom stereocenters. The van der Waals surface area contributed by atoms with Crippen LogP contribution >= 0.6 is 0 Å². The summed E-state index contributed by atoms with van der Waals surface area (Å²) in [5.41, 5.74) is 1.91. The molecule has 0 spiro atoms. The molecule has 3 rings (SSSR count). The Hall–Kier alpha value is -1.54. The van der Waals surface area contributed by atoms with Gasteiger partial charge in [0.25, 0.3) is 0 Å². The summed E-state index contributed by atoms with van der Waals surface area (Å²) in [5, 5.41) is 6.16. The highest BCUT2D eigenvalue weighted by Gasteiger charge is 2.44. The Morgan fingerprint density at radius 2 is 1.81 bits per heavy atom. The zero-order chi connectivity index (χ0) is 14.9. The molecule has 112 valence electrons. The van der Waals surface area contributed by atoms with Crippen molar-refractivity contribution in [2.75, 3.05) is 13.7 Å². The fourth-order valence-electron chi connectivity index (χ4n) is 3.23. The van der Waals surface area contributed by atoms with Crippen LogP contribution in [0.5, 0.6) is 5.75 Å². The minimum Gasteiger partial charge on any atom is -0.496 e. The number of ether oxygens (including phenoxy) is 1. The maximum absolute atomic E-state index is 5.46. The van der Waals surface area contributed by atoms with E-state index in [0.717, 1.165) is 24.8 Å². The summed E-state index contributed by atoms with van der Waals surface area (Å²) in [6.45, 7) is 6.75. The number of rotatable bonds is 6. The fourth-order valence-corrected chi connectivity index (χ4v) is 3.23. The average Bonchev–Trinajstić information content (AvgIpc) is 3.28. The van der Waals surface area contributed by atoms with Crippen LogP contribution in [0, 0.1) is 11.3 Å². The first-order chi connectivity index (χ1) is 10.2. The fraction of sp³-hybridized carbons (Fsp3) is 0.474. The second-order valence-corrected chi connectivity index (χ2v) is 6.59. The Bertz CT molecular complexity index is 628. The third-order valence-electron chi connectivity index (χ3n) is 5.10. The van der Waals surface area contributed by atoms with Gasteiger partial charge in [-0.1, -0.05) is 44.2 Å². The topological polar surface area (TPSA) is 21.3 Å². The van der Waals surface area contributed by atoms with Gasteiger partial charge in [-0.2, -0.15) is 0 Å². The van der Waals surface area contributed by atoms with Crippen molar-refractivity contribution < 1.29 is 4.74 Å². The first-order valence-electron chi connectivity index (χ1n) is 7.92. The zero-order valence-corrected chi connectivity index (χ0v) is 13.3. The first kappa shape index (κ1) is 14.4. The van der Waals surface area contributed by atoms with E-state index in [2.05, 4.69) is 55.6 Å². The second-order valence-electron chi connectivity index (χ2n) is 6.59. The van der Waals surface area contributed by atoms with Crippen LogP contribution in [0.2, 0.25) is 0 Å². The van der Waals surface area contributed by atoms with E-state index in [0.29, 0.717) is 5.41 Å². The Balaban J connectivity index is 1.76. The van der Waals surface area contributed by atoms with Crippen molar-refractivity contribution in [3.8, 4) is 5.75 Å². The van der Waals surface area contributed by atoms with Crippen LogP contribution in [-0.2, 0) is 6.54 Å². The van der Waals surface area contributed by atoms with E-state index in [1.54, 1.807) is 7.11 Å². The van der Waals surface area contributed by atoms with E-state index in [-0.39, 0.29) is 0 Å². The molecule has 2 aromatic carbocycles. The van der Waals surface area contributed by atoms with Crippen LogP contribution in [0.25, 0.3) is 10.8 Å². The standard InChI is InChI=1S/C19H25NO/c1-14(2)19(10-11-19)13-20-12-15-8-9-18(21-3)17-7-5-4-6-16(15)17/h4-9,14,20H,10-13H2,1-3H3. The Kier molecular flexibility index (Phi) is 3.90. The summed E-state index contributed by atoms with van der Waals surface area (Å²) in [7, 11) is 1.74. The molecule has 1 fully saturated rings. The lowest BCUT2D eigenvalue weighted by molar-refractivity contribution is 0.338. The summed E-state index contributed by atoms with van der Waals surface area (Å²) in [5.74, 6) is 1.73. The van der Waals surface area contributed by atoms with Gasteiger partial charge in [-0.05, 0) is 41.2 Å². The normalized spacial score (nSPS) is 16.4. The Labute approximate surface area is 127 Å². The monoisotopic (exact) mass is 283 g/mol. The molecular formula is C19H25NO. The molecule has 0 bridgehead atoms. The third-order valence-corrected chi connectivity index (χ3v) is 5.10. The second kappa shape index (κ2) is 5.69. The molecule has 0 radical (unpaired) electrons. The molecule has 0 aromatic heterocycles. The van der Waals surface area contributed by atoms with Gasteiger partial charge in [-0.15, -0.1) is 0 Å². The molecular weight excluding hydrogens is 258 g/mol. The molecule has 1 aliphatic rings. The average molecular weight is 283 g/mol. The number of nitrogens with one attached hydrogen (secondary N) is 1. The molecule has 1 aliphatic carbocycles. The predicted octanol–water partition coefficient (Wildman–Crippen LogP) is 4.37. The van der Waals surface area contributed by atoms with Gasteiger partial charge in [0, 0.05) is 18.5 Å². The van der Waals surface area contributed by atoms with Crippen molar-refractivity contribution >= 4 is 10.8 Å². The maximum atomic E-state index is 5.46. The maximum Gasteiger partial charge on any atom is 0.126 e. The van der Waals surface area contributed by atoms with Gasteiger partial charge in [-0.3, -0.25) is 0 Å². The van der Waals surface area contributed by atoms with E-state index >= 15 is 0 Å². The van der Waals surface area contributed by atoms with Gasteiger partial charge in [0.05, 0.1) is 7.11 Å². The van der Waals surface area contributed by atoms with Crippen molar-refractivity contribution in [3.63, 3.8) is 0 Å². The van der Waals surface area contributed by atoms with Crippen LogP contribution in [0.1, 0.15) is 32.3 Å². The summed E-state index contributed by atoms with van der Waals surface area (Å²) < 4.78 is 5.46. The number of benzene rings is 2. The van der Waals surface area contributed by atoms with Gasteiger partial charge in [0.2, 0.25) is 0 Å². The number of methoxy groups -OCH3 is 1. The highest BCUT2D eigenvalue weighted by atomic mass is 16.5. The summed E-state index contributed by atoms with van der Waals surface area (Å²) in [4.78, 5) is 0. The number of hydrogen-bond acceptors (Lipinski definition) is 2. The van der Waals surface area contributed by atoms with E-state index in [1.165, 1.54) is 29.2 Å². The smallest absolute Gasteiger partial charge is 0.126 e. The summed E-state index contributed by atoms with van der Waals surface area (Å²) >= 11 is 0. The minimum absolute atomic E-state index is 0.558. The van der Waals surface area contributed by atoms with Crippen LogP contribution in [0.15, 0.2) is 36.4 Å². The van der Waals surface area contributed by atoms with E-state index in [1.807, 2.05) is 0 Å². The largest absolute Gasteiger partial charge is 0.496 e. The lowest BCUT2D eigenvalue weighted by atomic mass is 9.92. The molecule has 0 saturated heterocycles. The van der Waals surface area contributed by atoms with Crippen molar-refractivity contribution in [1.29, 1.82) is 0 Å². The van der Waals surface area contributed by atoms with E-state index in [4.69, 9.17) is 4.74 Å². The van der Waals surface area contributed by atoms with Crippen molar-refractivity contribution in [1.82, 2.24) is 5.32 Å². The highest BCUT2D eigenvalue weighted by molar-refractivity contribution is 5.91. The number of hydrogen-bond donors (Lipinski definition) is 1. The third kappa shape index (κ3) is 2.77. The van der Waals surface area contributed by atoms with Crippen LogP contribution < -0.4 is 10.1 Å². The molecule has 2 nitrogen and oxygen atoms in total. The summed E-state index contributed by atoms with van der Waals surface area (Å²) in [6.07, 6.45) is 2.75. The molecule has 2 heteroatoms. The SMILES string of the molecule is COc1ccc(CNCC2(C(C)C)CC2)c2ccccc12. The highest BCUT2D eigenvalue weighted by Crippen LogP contribution is 2.51. The molecule has 1 N–H and O–H groups in total. The van der Waals surface area contributed by atoms with Gasteiger partial charge in [-0.25, -0.2) is 0 Å². The lowest BCUT2D eigenvalue weighted by Crippen LogP contribution is -2.27. The Morgan fingerprint density at radius 3 is 2.43 bits per heavy atom. The molecule has 0 heterocycles. The molecule has 0 aliphatic heterocycles. The van der Waals surface area contributed by atoms with Gasteiger partial charge >= 0.3 is 0 Å². The van der Waals surface area contributed by atoms with Crippen molar-refractivity contribution in [2.24, 2.45) is 11.3 Å². The quantitative estimate of drug-likeness (QED) is 0.849. The summed E-state index contributed by atoms with van der Waals surface area (Å²) in [6, 6.07) is 12.7. The van der Waals surface area contributed by atoms with Crippen LogP contribution in [-0.4, -0.2) is 13.7 Å². The van der Waals surface area contributed by atoms with Crippen LogP contribution in [0.4, 0.5) is 0 Å². The van der Waals surface area contributed by atoms with Crippen molar-refractivity contribution in [2.45, 2.75) is 33.2 Å². The molecule has 0 unspecified atom stereocenters. The molecule has 1 saturated carbocycles. The zero-order valence-electron chi connectivity index (χ0n) is 13.3. The predicted molar refractivity (Wildman–Crippen MR) is 88.7 cm³/mol. The van der Waals surface area contributed by atoms with E-state index in [9.17, 15) is 0 Å². The van der Waals surface area contributed by atoms with Crippen molar-refractivity contribution in [3.05, 3.63) is 42.0 Å². The van der Waals surface area contributed by atoms with Gasteiger partial charge < -0.3 is 10.1 Å². The van der Waals surface area contributed by atoms with E-state index < -0.39 is 0 Å². The van der Waals surface area contributed by atoms with Gasteiger partial charge in [0.15, 0.2) is 0 Å². The number of fused-ring (bicyclic) bond motifs is 1. The van der Waals surface area contributed by atoms with Crippen LogP contribution in [0.3, 0.4) is 0 Å². The first-order valence-corrected chi connectivity index (χ1v) is 7.92. The molecule has 21 heavy (non-hydrogen) atoms. The Morgan fingerprint density at radius 1 is 1.10 bits per heavy atom. The van der Waals surface area contributed by atoms with Gasteiger partial charge in [0.1, 0.15) is 5.75 Å².